The van der Waals surface area contributed by atoms with Crippen LogP contribution in [-0.2, 0) is 6.54 Å². The second-order valence-corrected chi connectivity index (χ2v) is 7.72. The summed E-state index contributed by atoms with van der Waals surface area (Å²) in [7, 11) is 0. The van der Waals surface area contributed by atoms with E-state index in [4.69, 9.17) is 5.73 Å². The number of nitrogens with two attached hydrogens (primary N) is 1. The van der Waals surface area contributed by atoms with Crippen molar-refractivity contribution in [2.24, 2.45) is 10.7 Å². The molecular formula is C20H27N5O2. The third-order valence-corrected chi connectivity index (χ3v) is 6.16. The average Bonchev–Trinajstić information content (AvgIpc) is 3.15. The SMILES string of the molecule is Cc1c(C)n(CCO)c2ccc(C(=O)N3CCC4(CC3)CN=C(N)N4)cc12. The zero-order chi connectivity index (χ0) is 19.2. The van der Waals surface area contributed by atoms with Crippen LogP contribution in [0, 0.1) is 13.8 Å². The summed E-state index contributed by atoms with van der Waals surface area (Å²) in [6.45, 7) is 6.90. The van der Waals surface area contributed by atoms with Crippen molar-refractivity contribution in [3.8, 4) is 0 Å². The number of nitrogens with zero attached hydrogens (tertiary/aromatic N) is 3. The van der Waals surface area contributed by atoms with Crippen molar-refractivity contribution in [1.82, 2.24) is 14.8 Å². The van der Waals surface area contributed by atoms with Gasteiger partial charge in [-0.3, -0.25) is 9.79 Å². The summed E-state index contributed by atoms with van der Waals surface area (Å²) in [5.74, 6) is 0.587. The quantitative estimate of drug-likeness (QED) is 0.756. The van der Waals surface area contributed by atoms with Crippen molar-refractivity contribution in [3.63, 3.8) is 0 Å². The van der Waals surface area contributed by atoms with Gasteiger partial charge in [0.2, 0.25) is 0 Å². The molecule has 0 saturated carbocycles. The normalized spacial score (nSPS) is 18.8. The maximum absolute atomic E-state index is 13.0. The molecule has 0 radical (unpaired) electrons. The standard InChI is InChI=1S/C20H27N5O2/c1-13-14(2)25(9-10-26)17-4-3-15(11-16(13)17)18(27)24-7-5-20(6-8-24)12-22-19(21)23-20/h3-4,11,26H,5-10,12H2,1-2H3,(H3,21,22,23). The van der Waals surface area contributed by atoms with Crippen molar-refractivity contribution in [1.29, 1.82) is 0 Å². The smallest absolute Gasteiger partial charge is 0.253 e. The number of aromatic nitrogens is 1. The van der Waals surface area contributed by atoms with Gasteiger partial charge in [-0.15, -0.1) is 0 Å². The van der Waals surface area contributed by atoms with Crippen molar-refractivity contribution in [2.75, 3.05) is 26.2 Å². The molecule has 4 rings (SSSR count). The average molecular weight is 369 g/mol. The highest BCUT2D eigenvalue weighted by atomic mass is 16.3. The summed E-state index contributed by atoms with van der Waals surface area (Å²) in [5.41, 5.74) is 9.78. The monoisotopic (exact) mass is 369 g/mol. The minimum absolute atomic E-state index is 0.0694. The number of aryl methyl sites for hydroxylation is 1. The van der Waals surface area contributed by atoms with Gasteiger partial charge in [0, 0.05) is 41.8 Å². The lowest BCUT2D eigenvalue weighted by Gasteiger charge is -2.39. The second kappa shape index (κ2) is 6.56. The van der Waals surface area contributed by atoms with Crippen LogP contribution in [0.15, 0.2) is 23.2 Å². The number of fused-ring (bicyclic) bond motifs is 1. The van der Waals surface area contributed by atoms with Crippen molar-refractivity contribution in [3.05, 3.63) is 35.0 Å². The van der Waals surface area contributed by atoms with Gasteiger partial charge in [-0.05, 0) is 50.5 Å². The number of rotatable bonds is 3. The van der Waals surface area contributed by atoms with E-state index in [1.54, 1.807) is 0 Å². The number of guanidine groups is 1. The summed E-state index contributed by atoms with van der Waals surface area (Å²) in [4.78, 5) is 19.2. The Hall–Kier alpha value is -2.54. The van der Waals surface area contributed by atoms with E-state index in [1.165, 1.54) is 0 Å². The number of carbonyl (C=O) groups excluding carboxylic acids is 1. The molecule has 3 heterocycles. The molecule has 1 aromatic carbocycles. The second-order valence-electron chi connectivity index (χ2n) is 7.72. The minimum atomic E-state index is -0.0694. The van der Waals surface area contributed by atoms with Crippen LogP contribution in [0.1, 0.15) is 34.5 Å². The number of amides is 1. The van der Waals surface area contributed by atoms with E-state index in [2.05, 4.69) is 28.7 Å². The molecule has 144 valence electrons. The van der Waals surface area contributed by atoms with Crippen LogP contribution < -0.4 is 11.1 Å². The Bertz CT molecular complexity index is 922. The van der Waals surface area contributed by atoms with Crippen LogP contribution in [-0.4, -0.2) is 58.2 Å². The first-order chi connectivity index (χ1) is 12.9. The molecule has 27 heavy (non-hydrogen) atoms. The van der Waals surface area contributed by atoms with E-state index in [0.29, 0.717) is 32.1 Å². The van der Waals surface area contributed by atoms with Crippen LogP contribution in [0.25, 0.3) is 10.9 Å². The highest BCUT2D eigenvalue weighted by molar-refractivity contribution is 5.99. The Morgan fingerprint density at radius 1 is 1.33 bits per heavy atom. The Morgan fingerprint density at radius 3 is 2.70 bits per heavy atom. The van der Waals surface area contributed by atoms with Gasteiger partial charge in [-0.1, -0.05) is 0 Å². The van der Waals surface area contributed by atoms with Gasteiger partial charge >= 0.3 is 0 Å². The number of benzene rings is 1. The number of nitrogens with one attached hydrogen (secondary N) is 1. The molecule has 0 aliphatic carbocycles. The minimum Gasteiger partial charge on any atom is -0.395 e. The van der Waals surface area contributed by atoms with E-state index in [9.17, 15) is 9.90 Å². The summed E-state index contributed by atoms with van der Waals surface area (Å²) in [6.07, 6.45) is 1.71. The molecule has 1 aromatic heterocycles. The lowest BCUT2D eigenvalue weighted by Crippen LogP contribution is -2.55. The summed E-state index contributed by atoms with van der Waals surface area (Å²) in [5, 5.41) is 13.7. The topological polar surface area (TPSA) is 95.9 Å². The Labute approximate surface area is 158 Å². The number of aliphatic hydroxyl groups excluding tert-OH is 1. The number of hydrogen-bond acceptors (Lipinski definition) is 5. The molecule has 1 spiro atoms. The van der Waals surface area contributed by atoms with Gasteiger partial charge in [0.25, 0.3) is 5.91 Å². The lowest BCUT2D eigenvalue weighted by molar-refractivity contribution is 0.0669. The van der Waals surface area contributed by atoms with Crippen LogP contribution in [0.4, 0.5) is 0 Å². The Kier molecular flexibility index (Phi) is 4.34. The van der Waals surface area contributed by atoms with E-state index >= 15 is 0 Å². The molecule has 0 unspecified atom stereocenters. The molecule has 2 aliphatic heterocycles. The summed E-state index contributed by atoms with van der Waals surface area (Å²) < 4.78 is 2.11. The maximum Gasteiger partial charge on any atom is 0.253 e. The number of aliphatic imine (C=N–C) groups is 1. The van der Waals surface area contributed by atoms with E-state index in [1.807, 2.05) is 23.1 Å². The van der Waals surface area contributed by atoms with Gasteiger partial charge in [0.1, 0.15) is 0 Å². The number of piperidine rings is 1. The van der Waals surface area contributed by atoms with Gasteiger partial charge in [0.15, 0.2) is 5.96 Å². The van der Waals surface area contributed by atoms with E-state index in [-0.39, 0.29) is 18.1 Å². The van der Waals surface area contributed by atoms with Crippen LogP contribution >= 0.6 is 0 Å². The van der Waals surface area contributed by atoms with E-state index in [0.717, 1.165) is 40.6 Å². The third kappa shape index (κ3) is 2.96. The lowest BCUT2D eigenvalue weighted by atomic mass is 9.88. The number of carbonyl (C=O) groups is 1. The molecule has 1 fully saturated rings. The number of likely N-dealkylation sites (tertiary alicyclic amines) is 1. The number of hydrogen-bond donors (Lipinski definition) is 3. The zero-order valence-corrected chi connectivity index (χ0v) is 16.0. The van der Waals surface area contributed by atoms with Gasteiger partial charge in [-0.25, -0.2) is 0 Å². The highest BCUT2D eigenvalue weighted by Crippen LogP contribution is 2.29. The first-order valence-electron chi connectivity index (χ1n) is 9.52. The number of aliphatic hydroxyl groups is 1. The van der Waals surface area contributed by atoms with E-state index < -0.39 is 0 Å². The molecule has 7 nitrogen and oxygen atoms in total. The predicted octanol–water partition coefficient (Wildman–Crippen LogP) is 1.14. The maximum atomic E-state index is 13.0. The van der Waals surface area contributed by atoms with Crippen molar-refractivity contribution in [2.45, 2.75) is 38.8 Å². The molecule has 4 N–H and O–H groups in total. The predicted molar refractivity (Wildman–Crippen MR) is 106 cm³/mol. The van der Waals surface area contributed by atoms with Gasteiger partial charge < -0.3 is 25.6 Å². The summed E-state index contributed by atoms with van der Waals surface area (Å²) >= 11 is 0. The highest BCUT2D eigenvalue weighted by Gasteiger charge is 2.39. The molecule has 1 amide bonds. The van der Waals surface area contributed by atoms with Crippen LogP contribution in [0.2, 0.25) is 0 Å². The Morgan fingerprint density at radius 2 is 2.07 bits per heavy atom. The van der Waals surface area contributed by atoms with Crippen molar-refractivity contribution < 1.29 is 9.90 Å². The fourth-order valence-corrected chi connectivity index (χ4v) is 4.36. The Balaban J connectivity index is 1.54. The zero-order valence-electron chi connectivity index (χ0n) is 16.0. The largest absolute Gasteiger partial charge is 0.395 e. The molecule has 0 atom stereocenters. The molecule has 7 heteroatoms. The summed E-state index contributed by atoms with van der Waals surface area (Å²) in [6, 6.07) is 5.89. The first-order valence-corrected chi connectivity index (χ1v) is 9.52. The third-order valence-electron chi connectivity index (χ3n) is 6.16. The van der Waals surface area contributed by atoms with Gasteiger partial charge in [0.05, 0.1) is 18.7 Å². The molecule has 0 bridgehead atoms. The first kappa shape index (κ1) is 17.9. The molecule has 1 saturated heterocycles. The fourth-order valence-electron chi connectivity index (χ4n) is 4.36. The molecule has 2 aromatic rings. The van der Waals surface area contributed by atoms with Crippen LogP contribution in [0.5, 0.6) is 0 Å². The van der Waals surface area contributed by atoms with Crippen LogP contribution in [0.3, 0.4) is 0 Å². The molecule has 2 aliphatic rings. The fraction of sp³-hybridized carbons (Fsp3) is 0.500. The van der Waals surface area contributed by atoms with Gasteiger partial charge in [-0.2, -0.15) is 0 Å². The molecular weight excluding hydrogens is 342 g/mol. The van der Waals surface area contributed by atoms with Crippen molar-refractivity contribution >= 4 is 22.8 Å².